The van der Waals surface area contributed by atoms with Crippen LogP contribution in [0.2, 0.25) is 0 Å². The van der Waals surface area contributed by atoms with E-state index in [1.165, 1.54) is 0 Å². The van der Waals surface area contributed by atoms with Crippen LogP contribution < -0.4 is 5.32 Å². The Hall–Kier alpha value is -1.02. The maximum Gasteiger partial charge on any atom is 0.397 e. The second kappa shape index (κ2) is 10.1. The van der Waals surface area contributed by atoms with Gasteiger partial charge in [0.2, 0.25) is 5.91 Å². The summed E-state index contributed by atoms with van der Waals surface area (Å²) in [5.41, 5.74) is 0. The molecule has 0 bridgehead atoms. The molecule has 16 heteroatoms. The molecule has 176 valence electrons. The summed E-state index contributed by atoms with van der Waals surface area (Å²) >= 11 is 0. The zero-order valence-electron chi connectivity index (χ0n) is 15.6. The van der Waals surface area contributed by atoms with Gasteiger partial charge in [-0.2, -0.15) is 8.42 Å². The Morgan fingerprint density at radius 3 is 2.17 bits per heavy atom. The number of hydrogen-bond acceptors (Lipinski definition) is 13. The zero-order valence-corrected chi connectivity index (χ0v) is 16.4. The highest BCUT2D eigenvalue weighted by molar-refractivity contribution is 7.80. The minimum atomic E-state index is -4.92. The summed E-state index contributed by atoms with van der Waals surface area (Å²) in [4.78, 5) is 11.5. The van der Waals surface area contributed by atoms with Crippen molar-refractivity contribution in [1.82, 2.24) is 5.32 Å². The highest BCUT2D eigenvalue weighted by Gasteiger charge is 2.51. The van der Waals surface area contributed by atoms with Crippen molar-refractivity contribution in [2.75, 3.05) is 13.2 Å². The molecule has 2 fully saturated rings. The molecule has 0 aliphatic carbocycles. The van der Waals surface area contributed by atoms with Crippen molar-refractivity contribution in [1.29, 1.82) is 0 Å². The Morgan fingerprint density at radius 1 is 1.00 bits per heavy atom. The van der Waals surface area contributed by atoms with Crippen molar-refractivity contribution in [2.24, 2.45) is 0 Å². The van der Waals surface area contributed by atoms with Crippen molar-refractivity contribution in [3.8, 4) is 0 Å². The maximum absolute atomic E-state index is 11.5. The molecular weight excluding hydrogens is 438 g/mol. The van der Waals surface area contributed by atoms with E-state index >= 15 is 0 Å². The largest absolute Gasteiger partial charge is 0.397 e. The maximum atomic E-state index is 11.5. The molecule has 0 saturated carbocycles. The van der Waals surface area contributed by atoms with E-state index in [2.05, 4.69) is 9.50 Å². The van der Waals surface area contributed by atoms with Crippen LogP contribution in [-0.2, 0) is 33.6 Å². The third kappa shape index (κ3) is 6.02. The third-order valence-corrected chi connectivity index (χ3v) is 5.02. The number of carbonyl (C=O) groups excluding carboxylic acids is 1. The normalized spacial score (nSPS) is 42.7. The molecule has 30 heavy (non-hydrogen) atoms. The number of amides is 1. The minimum Gasteiger partial charge on any atom is -0.394 e. The molecule has 2 heterocycles. The average molecular weight is 463 g/mol. The van der Waals surface area contributed by atoms with E-state index in [1.807, 2.05) is 0 Å². The second-order valence-electron chi connectivity index (χ2n) is 6.79. The first-order valence-electron chi connectivity index (χ1n) is 8.72. The lowest BCUT2D eigenvalue weighted by molar-refractivity contribution is -0.341. The standard InChI is InChI=1S/C14H25NO14S/c1-4(17)15-7-10(20)8(18)6(3-26-30(23,24)25)28-14(7)29-12-9(19)5(2-16)27-13(22)11(12)21/h5-14,16,18-22H,2-3H2,1H3,(H,15,17)(H,23,24,25)/t5-,6-,7-,8-,9+,10-,11-,12+,13-,14+/m1/s1. The SMILES string of the molecule is CC(=O)N[C@H]1[C@H](O[C@@H]2[C@@H](O)[C@H](O)O[C@H](CO)[C@@H]2O)O[C@H](COS(=O)(=O)O)[C@@H](O)[C@@H]1O. The lowest BCUT2D eigenvalue weighted by atomic mass is 9.95. The predicted octanol–water partition coefficient (Wildman–Crippen LogP) is -5.43. The first kappa shape index (κ1) is 25.2. The Bertz CT molecular complexity index is 690. The number of ether oxygens (including phenoxy) is 3. The van der Waals surface area contributed by atoms with Gasteiger partial charge in [0.05, 0.1) is 13.2 Å². The number of carbonyl (C=O) groups is 1. The summed E-state index contributed by atoms with van der Waals surface area (Å²) in [7, 11) is -4.92. The smallest absolute Gasteiger partial charge is 0.394 e. The van der Waals surface area contributed by atoms with E-state index in [4.69, 9.17) is 18.8 Å². The van der Waals surface area contributed by atoms with Crippen molar-refractivity contribution in [3.05, 3.63) is 0 Å². The first-order valence-corrected chi connectivity index (χ1v) is 10.1. The molecule has 0 radical (unpaired) electrons. The van der Waals surface area contributed by atoms with Gasteiger partial charge in [-0.1, -0.05) is 0 Å². The number of nitrogens with one attached hydrogen (secondary N) is 1. The molecule has 2 aliphatic rings. The van der Waals surface area contributed by atoms with E-state index in [0.29, 0.717) is 0 Å². The number of rotatable bonds is 7. The first-order chi connectivity index (χ1) is 13.9. The Balaban J connectivity index is 2.25. The average Bonchev–Trinajstić information content (AvgIpc) is 2.65. The molecule has 0 aromatic rings. The molecule has 8 N–H and O–H groups in total. The minimum absolute atomic E-state index is 0.683. The van der Waals surface area contributed by atoms with E-state index in [-0.39, 0.29) is 0 Å². The predicted molar refractivity (Wildman–Crippen MR) is 90.6 cm³/mol. The van der Waals surface area contributed by atoms with Crippen LogP contribution in [0.25, 0.3) is 0 Å². The van der Waals surface area contributed by atoms with E-state index in [0.717, 1.165) is 6.92 Å². The number of aliphatic hydroxyl groups excluding tert-OH is 6. The molecule has 2 aliphatic heterocycles. The van der Waals surface area contributed by atoms with Gasteiger partial charge in [0.1, 0.15) is 48.8 Å². The molecule has 2 rings (SSSR count). The third-order valence-electron chi connectivity index (χ3n) is 4.58. The summed E-state index contributed by atoms with van der Waals surface area (Å²) in [6, 6.07) is -1.47. The summed E-state index contributed by atoms with van der Waals surface area (Å²) in [5.74, 6) is -0.683. The molecular formula is C14H25NO14S. The fourth-order valence-electron chi connectivity index (χ4n) is 3.11. The number of aliphatic hydroxyl groups is 6. The lowest BCUT2D eigenvalue weighted by Gasteiger charge is -2.46. The van der Waals surface area contributed by atoms with Crippen LogP contribution in [0.4, 0.5) is 0 Å². The van der Waals surface area contributed by atoms with Gasteiger partial charge in [-0.05, 0) is 0 Å². The van der Waals surface area contributed by atoms with Crippen LogP contribution in [0.3, 0.4) is 0 Å². The van der Waals surface area contributed by atoms with Gasteiger partial charge in [-0.3, -0.25) is 9.35 Å². The van der Waals surface area contributed by atoms with Crippen molar-refractivity contribution >= 4 is 16.3 Å². The molecule has 0 aromatic carbocycles. The van der Waals surface area contributed by atoms with E-state index in [1.54, 1.807) is 0 Å². The van der Waals surface area contributed by atoms with Crippen LogP contribution in [0.5, 0.6) is 0 Å². The van der Waals surface area contributed by atoms with Gasteiger partial charge in [-0.15, -0.1) is 0 Å². The van der Waals surface area contributed by atoms with Crippen LogP contribution in [0.1, 0.15) is 6.92 Å². The Labute approximate surface area is 170 Å². The molecule has 0 spiro atoms. The van der Waals surface area contributed by atoms with Crippen molar-refractivity contribution < 1.29 is 66.8 Å². The highest BCUT2D eigenvalue weighted by Crippen LogP contribution is 2.29. The monoisotopic (exact) mass is 463 g/mol. The molecule has 10 atom stereocenters. The fourth-order valence-corrected chi connectivity index (χ4v) is 3.42. The van der Waals surface area contributed by atoms with Crippen LogP contribution in [-0.4, -0.2) is 124 Å². The lowest BCUT2D eigenvalue weighted by Crippen LogP contribution is -2.67. The van der Waals surface area contributed by atoms with Gasteiger partial charge < -0.3 is 50.2 Å². The van der Waals surface area contributed by atoms with Gasteiger partial charge >= 0.3 is 10.4 Å². The number of hydrogen-bond donors (Lipinski definition) is 8. The van der Waals surface area contributed by atoms with Gasteiger partial charge in [0, 0.05) is 6.92 Å². The van der Waals surface area contributed by atoms with Gasteiger partial charge in [0.15, 0.2) is 12.6 Å². The fraction of sp³-hybridized carbons (Fsp3) is 0.929. The van der Waals surface area contributed by atoms with Crippen LogP contribution in [0.15, 0.2) is 0 Å². The summed E-state index contributed by atoms with van der Waals surface area (Å²) in [5, 5.41) is 62.0. The van der Waals surface area contributed by atoms with E-state index < -0.39 is 90.9 Å². The van der Waals surface area contributed by atoms with Gasteiger partial charge in [0.25, 0.3) is 0 Å². The Morgan fingerprint density at radius 2 is 1.63 bits per heavy atom. The van der Waals surface area contributed by atoms with Crippen LogP contribution >= 0.6 is 0 Å². The molecule has 15 nitrogen and oxygen atoms in total. The van der Waals surface area contributed by atoms with Crippen LogP contribution in [0, 0.1) is 0 Å². The molecule has 2 saturated heterocycles. The summed E-state index contributed by atoms with van der Waals surface area (Å²) < 4.78 is 49.9. The summed E-state index contributed by atoms with van der Waals surface area (Å²) in [6.45, 7) is -0.629. The quantitative estimate of drug-likeness (QED) is 0.164. The molecule has 0 aromatic heterocycles. The van der Waals surface area contributed by atoms with Crippen molar-refractivity contribution in [2.45, 2.75) is 68.3 Å². The Kier molecular flexibility index (Phi) is 8.47. The zero-order chi connectivity index (χ0) is 22.8. The highest BCUT2D eigenvalue weighted by atomic mass is 32.3. The van der Waals surface area contributed by atoms with Gasteiger partial charge in [-0.25, -0.2) is 4.18 Å². The van der Waals surface area contributed by atoms with E-state index in [9.17, 15) is 43.9 Å². The topological polar surface area (TPSA) is 242 Å². The second-order valence-corrected chi connectivity index (χ2v) is 7.88. The van der Waals surface area contributed by atoms with Crippen molar-refractivity contribution in [3.63, 3.8) is 0 Å². The summed E-state index contributed by atoms with van der Waals surface area (Å²) in [6.07, 6.45) is -15.3. The molecule has 0 unspecified atom stereocenters. The molecule has 1 amide bonds.